The molecule has 3 aromatic carbocycles. The predicted octanol–water partition coefficient (Wildman–Crippen LogP) is 5.52. The summed E-state index contributed by atoms with van der Waals surface area (Å²) >= 11 is 0. The Bertz CT molecular complexity index is 1310. The van der Waals surface area contributed by atoms with Gasteiger partial charge in [0.15, 0.2) is 0 Å². The van der Waals surface area contributed by atoms with Crippen molar-refractivity contribution in [1.82, 2.24) is 10.2 Å². The van der Waals surface area contributed by atoms with Crippen molar-refractivity contribution in [2.45, 2.75) is 20.0 Å². The molecule has 0 amide bonds. The number of H-pyrrole nitrogens is 1. The highest BCUT2D eigenvalue weighted by molar-refractivity contribution is 6.01. The highest BCUT2D eigenvalue weighted by Gasteiger charge is 2.16. The molecule has 0 radical (unpaired) electrons. The van der Waals surface area contributed by atoms with Crippen molar-refractivity contribution in [3.63, 3.8) is 0 Å². The third-order valence-electron chi connectivity index (χ3n) is 5.51. The molecule has 5 heteroatoms. The number of hydrogen-bond acceptors (Lipinski definition) is 3. The third kappa shape index (κ3) is 4.38. The number of fused-ring (bicyclic) bond motifs is 1. The molecule has 0 fully saturated rings. The van der Waals surface area contributed by atoms with E-state index in [-0.39, 0.29) is 6.61 Å². The van der Waals surface area contributed by atoms with Gasteiger partial charge in [-0.15, -0.1) is 0 Å². The van der Waals surface area contributed by atoms with Gasteiger partial charge in [-0.1, -0.05) is 61.5 Å². The van der Waals surface area contributed by atoms with Crippen molar-refractivity contribution in [2.75, 3.05) is 0 Å². The smallest absolute Gasteiger partial charge is 0.328 e. The maximum atomic E-state index is 10.8. The SMILES string of the molecule is CCC(=C(c1ccc(C=CC(=O)O)cc1)c1ccc2[nH]ncc2c1)c1ccccc1CO. The molecule has 4 aromatic rings. The summed E-state index contributed by atoms with van der Waals surface area (Å²) in [7, 11) is 0. The number of rotatable bonds is 7. The molecule has 4 rings (SSSR count). The number of aromatic amines is 1. The number of nitrogens with zero attached hydrogens (tertiary/aromatic N) is 1. The number of carbonyl (C=O) groups is 1. The second kappa shape index (κ2) is 9.45. The first-order chi connectivity index (χ1) is 15.6. The molecule has 5 nitrogen and oxygen atoms in total. The Kier molecular flexibility index (Phi) is 6.29. The zero-order valence-electron chi connectivity index (χ0n) is 17.7. The van der Waals surface area contributed by atoms with E-state index in [0.717, 1.165) is 62.4 Å². The Labute approximate surface area is 186 Å². The van der Waals surface area contributed by atoms with E-state index in [4.69, 9.17) is 5.11 Å². The number of aromatic nitrogens is 2. The van der Waals surface area contributed by atoms with E-state index in [1.165, 1.54) is 0 Å². The Morgan fingerprint density at radius 2 is 1.78 bits per heavy atom. The number of aliphatic hydroxyl groups excluding tert-OH is 1. The van der Waals surface area contributed by atoms with Gasteiger partial charge in [-0.3, -0.25) is 5.10 Å². The molecular weight excluding hydrogens is 400 g/mol. The van der Waals surface area contributed by atoms with Crippen LogP contribution in [-0.2, 0) is 11.4 Å². The molecule has 0 aliphatic heterocycles. The predicted molar refractivity (Wildman–Crippen MR) is 128 cm³/mol. The lowest BCUT2D eigenvalue weighted by Crippen LogP contribution is -1.99. The summed E-state index contributed by atoms with van der Waals surface area (Å²) in [5, 5.41) is 27.0. The molecule has 0 atom stereocenters. The van der Waals surface area contributed by atoms with Crippen LogP contribution in [0.4, 0.5) is 0 Å². The molecule has 160 valence electrons. The van der Waals surface area contributed by atoms with Crippen molar-refractivity contribution in [1.29, 1.82) is 0 Å². The molecule has 3 N–H and O–H groups in total. The molecule has 0 bridgehead atoms. The average Bonchev–Trinajstić information content (AvgIpc) is 3.29. The molecule has 0 spiro atoms. The summed E-state index contributed by atoms with van der Waals surface area (Å²) in [6, 6.07) is 22.0. The maximum absolute atomic E-state index is 10.8. The molecule has 32 heavy (non-hydrogen) atoms. The Balaban J connectivity index is 1.94. The van der Waals surface area contributed by atoms with E-state index in [2.05, 4.69) is 29.3 Å². The van der Waals surface area contributed by atoms with Gasteiger partial charge in [0.05, 0.1) is 18.3 Å². The quantitative estimate of drug-likeness (QED) is 0.269. The van der Waals surface area contributed by atoms with Crippen LogP contribution < -0.4 is 0 Å². The van der Waals surface area contributed by atoms with E-state index >= 15 is 0 Å². The number of aliphatic carboxylic acids is 1. The van der Waals surface area contributed by atoms with Crippen LogP contribution in [0.5, 0.6) is 0 Å². The van der Waals surface area contributed by atoms with Gasteiger partial charge in [-0.05, 0) is 63.6 Å². The van der Waals surface area contributed by atoms with Crippen LogP contribution in [0.25, 0.3) is 28.1 Å². The lowest BCUT2D eigenvalue weighted by atomic mass is 9.86. The van der Waals surface area contributed by atoms with Gasteiger partial charge in [0.25, 0.3) is 0 Å². The molecular formula is C27H24N2O3. The summed E-state index contributed by atoms with van der Waals surface area (Å²) in [6.07, 6.45) is 5.29. The fourth-order valence-corrected chi connectivity index (χ4v) is 4.00. The normalized spacial score (nSPS) is 12.3. The zero-order valence-corrected chi connectivity index (χ0v) is 17.7. The lowest BCUT2D eigenvalue weighted by molar-refractivity contribution is -0.131. The first-order valence-electron chi connectivity index (χ1n) is 10.5. The topological polar surface area (TPSA) is 86.2 Å². The van der Waals surface area contributed by atoms with Crippen molar-refractivity contribution < 1.29 is 15.0 Å². The van der Waals surface area contributed by atoms with Crippen molar-refractivity contribution >= 4 is 34.1 Å². The second-order valence-corrected chi connectivity index (χ2v) is 7.49. The molecule has 0 saturated heterocycles. The van der Waals surface area contributed by atoms with Crippen molar-refractivity contribution in [3.05, 3.63) is 107 Å². The van der Waals surface area contributed by atoms with Gasteiger partial charge in [0.2, 0.25) is 0 Å². The number of nitrogens with one attached hydrogen (secondary N) is 1. The summed E-state index contributed by atoms with van der Waals surface area (Å²) < 4.78 is 0. The average molecular weight is 425 g/mol. The molecule has 0 aliphatic carbocycles. The first kappa shape index (κ1) is 21.3. The highest BCUT2D eigenvalue weighted by Crippen LogP contribution is 2.36. The van der Waals surface area contributed by atoms with Gasteiger partial charge in [0, 0.05) is 11.5 Å². The Morgan fingerprint density at radius 3 is 2.50 bits per heavy atom. The number of allylic oxidation sites excluding steroid dienone is 1. The van der Waals surface area contributed by atoms with Gasteiger partial charge in [-0.2, -0.15) is 5.10 Å². The molecule has 0 saturated carbocycles. The Morgan fingerprint density at radius 1 is 1.03 bits per heavy atom. The van der Waals surface area contributed by atoms with Crippen LogP contribution in [0.15, 0.2) is 79.0 Å². The molecule has 1 aromatic heterocycles. The lowest BCUT2D eigenvalue weighted by Gasteiger charge is -2.18. The summed E-state index contributed by atoms with van der Waals surface area (Å²) in [5.74, 6) is -0.975. The van der Waals surface area contributed by atoms with Gasteiger partial charge in [0.1, 0.15) is 0 Å². The van der Waals surface area contributed by atoms with Gasteiger partial charge < -0.3 is 10.2 Å². The van der Waals surface area contributed by atoms with Crippen LogP contribution >= 0.6 is 0 Å². The summed E-state index contributed by atoms with van der Waals surface area (Å²) in [4.78, 5) is 10.8. The second-order valence-electron chi connectivity index (χ2n) is 7.49. The Hall–Kier alpha value is -3.96. The van der Waals surface area contributed by atoms with E-state index in [9.17, 15) is 9.90 Å². The third-order valence-corrected chi connectivity index (χ3v) is 5.51. The van der Waals surface area contributed by atoms with Crippen LogP contribution in [-0.4, -0.2) is 26.4 Å². The van der Waals surface area contributed by atoms with Gasteiger partial charge in [-0.25, -0.2) is 4.79 Å². The van der Waals surface area contributed by atoms with E-state index in [1.54, 1.807) is 6.08 Å². The molecule has 0 aliphatic rings. The molecule has 0 unspecified atom stereocenters. The van der Waals surface area contributed by atoms with E-state index < -0.39 is 5.97 Å². The first-order valence-corrected chi connectivity index (χ1v) is 10.5. The minimum atomic E-state index is -0.975. The number of carboxylic acid groups (broad SMARTS) is 1. The number of aliphatic hydroxyl groups is 1. The standard InChI is InChI=1S/C27H24N2O3/c1-2-23(24-6-4-3-5-21(24)17-30)27(20-12-13-25-22(15-20)16-28-29-25)19-10-7-18(8-11-19)9-14-26(31)32/h3-16,30H,2,17H2,1H3,(H,28,29)(H,31,32). The monoisotopic (exact) mass is 424 g/mol. The summed E-state index contributed by atoms with van der Waals surface area (Å²) in [6.45, 7) is 2.08. The van der Waals surface area contributed by atoms with Crippen LogP contribution in [0.1, 0.15) is 41.2 Å². The van der Waals surface area contributed by atoms with Crippen molar-refractivity contribution in [3.8, 4) is 0 Å². The summed E-state index contributed by atoms with van der Waals surface area (Å²) in [5.41, 5.74) is 7.96. The van der Waals surface area contributed by atoms with Crippen LogP contribution in [0.3, 0.4) is 0 Å². The van der Waals surface area contributed by atoms with Gasteiger partial charge >= 0.3 is 5.97 Å². The van der Waals surface area contributed by atoms with Crippen LogP contribution in [0, 0.1) is 0 Å². The number of benzene rings is 3. The zero-order chi connectivity index (χ0) is 22.5. The number of carboxylic acids is 1. The van der Waals surface area contributed by atoms with Crippen LogP contribution in [0.2, 0.25) is 0 Å². The highest BCUT2D eigenvalue weighted by atomic mass is 16.4. The fourth-order valence-electron chi connectivity index (χ4n) is 4.00. The van der Waals surface area contributed by atoms with E-state index in [0.29, 0.717) is 0 Å². The largest absolute Gasteiger partial charge is 0.478 e. The number of hydrogen-bond donors (Lipinski definition) is 3. The van der Waals surface area contributed by atoms with E-state index in [1.807, 2.05) is 60.8 Å². The minimum Gasteiger partial charge on any atom is -0.478 e. The molecule has 1 heterocycles. The fraction of sp³-hybridized carbons (Fsp3) is 0.111. The minimum absolute atomic E-state index is 0.0351. The maximum Gasteiger partial charge on any atom is 0.328 e. The van der Waals surface area contributed by atoms with Crippen molar-refractivity contribution in [2.24, 2.45) is 0 Å².